The molecule has 0 aliphatic carbocycles. The molecule has 0 heterocycles. The van der Waals surface area contributed by atoms with Crippen LogP contribution in [0.2, 0.25) is 0 Å². The Morgan fingerprint density at radius 2 is 1.81 bits per heavy atom. The standard InChI is InChI=1S/C21H14BrI2N3O4/c22-16-6-4-13(5-7-16)12-31-20-18(23)8-14(9-19(20)24)11-25-26-21(28)15-2-1-3-17(10-15)27(29)30/h1-11H,12H2,(H,26,28)/b25-11-. The van der Waals surface area contributed by atoms with Gasteiger partial charge < -0.3 is 4.74 Å². The highest BCUT2D eigenvalue weighted by Gasteiger charge is 2.11. The number of carbonyl (C=O) groups is 1. The fraction of sp³-hybridized carbons (Fsp3) is 0.0476. The van der Waals surface area contributed by atoms with Crippen molar-refractivity contribution in [3.05, 3.63) is 99.1 Å². The van der Waals surface area contributed by atoms with Gasteiger partial charge in [-0.2, -0.15) is 5.10 Å². The van der Waals surface area contributed by atoms with Crippen LogP contribution in [-0.4, -0.2) is 17.0 Å². The second-order valence-corrected chi connectivity index (χ2v) is 9.48. The van der Waals surface area contributed by atoms with Crippen molar-refractivity contribution in [2.24, 2.45) is 5.10 Å². The largest absolute Gasteiger partial charge is 0.487 e. The number of nitrogens with one attached hydrogen (secondary N) is 1. The lowest BCUT2D eigenvalue weighted by Crippen LogP contribution is -2.17. The Balaban J connectivity index is 1.64. The summed E-state index contributed by atoms with van der Waals surface area (Å²) in [6.07, 6.45) is 1.51. The molecule has 0 aliphatic heterocycles. The number of amides is 1. The van der Waals surface area contributed by atoms with Gasteiger partial charge in [-0.05, 0) is 86.6 Å². The lowest BCUT2D eigenvalue weighted by Gasteiger charge is -2.11. The molecule has 10 heteroatoms. The van der Waals surface area contributed by atoms with Crippen molar-refractivity contribution >= 4 is 78.9 Å². The smallest absolute Gasteiger partial charge is 0.271 e. The average molecular weight is 706 g/mol. The van der Waals surface area contributed by atoms with Crippen molar-refractivity contribution in [3.8, 4) is 5.75 Å². The molecule has 7 nitrogen and oxygen atoms in total. The molecule has 0 saturated heterocycles. The van der Waals surface area contributed by atoms with E-state index >= 15 is 0 Å². The molecule has 3 aromatic rings. The Kier molecular flexibility index (Phi) is 8.37. The Bertz CT molecular complexity index is 1130. The van der Waals surface area contributed by atoms with E-state index in [2.05, 4.69) is 71.6 Å². The molecule has 0 spiro atoms. The fourth-order valence-corrected chi connectivity index (χ4v) is 4.91. The van der Waals surface area contributed by atoms with Gasteiger partial charge in [0, 0.05) is 22.2 Å². The number of carbonyl (C=O) groups excluding carboxylic acids is 1. The molecule has 0 aliphatic rings. The molecule has 0 atom stereocenters. The molecule has 3 rings (SSSR count). The van der Waals surface area contributed by atoms with Crippen LogP contribution in [0.3, 0.4) is 0 Å². The van der Waals surface area contributed by atoms with Gasteiger partial charge in [-0.3, -0.25) is 14.9 Å². The number of hydrogen-bond donors (Lipinski definition) is 1. The van der Waals surface area contributed by atoms with Gasteiger partial charge in [-0.1, -0.05) is 34.1 Å². The molecule has 0 fully saturated rings. The number of benzene rings is 3. The predicted octanol–water partition coefficient (Wildman–Crippen LogP) is 5.91. The lowest BCUT2D eigenvalue weighted by molar-refractivity contribution is -0.384. The van der Waals surface area contributed by atoms with E-state index < -0.39 is 10.8 Å². The third kappa shape index (κ3) is 6.71. The molecule has 0 bridgehead atoms. The van der Waals surface area contributed by atoms with Crippen LogP contribution in [-0.2, 0) is 6.61 Å². The van der Waals surface area contributed by atoms with Gasteiger partial charge in [0.15, 0.2) is 0 Å². The van der Waals surface area contributed by atoms with Crippen LogP contribution in [0.4, 0.5) is 5.69 Å². The lowest BCUT2D eigenvalue weighted by atomic mass is 10.2. The first-order valence-corrected chi connectivity index (χ1v) is 11.7. The van der Waals surface area contributed by atoms with Crippen molar-refractivity contribution in [1.29, 1.82) is 0 Å². The van der Waals surface area contributed by atoms with Crippen LogP contribution in [0.1, 0.15) is 21.5 Å². The summed E-state index contributed by atoms with van der Waals surface area (Å²) in [6.45, 7) is 0.450. The number of nitro benzene ring substituents is 1. The number of hydrazone groups is 1. The van der Waals surface area contributed by atoms with Crippen LogP contribution in [0.25, 0.3) is 0 Å². The molecular weight excluding hydrogens is 692 g/mol. The first-order chi connectivity index (χ1) is 14.8. The number of halogens is 3. The average Bonchev–Trinajstić information content (AvgIpc) is 2.74. The predicted molar refractivity (Wildman–Crippen MR) is 139 cm³/mol. The Hall–Kier alpha value is -2.06. The third-order valence-electron chi connectivity index (χ3n) is 4.02. The summed E-state index contributed by atoms with van der Waals surface area (Å²) in [5, 5.41) is 14.8. The van der Waals surface area contributed by atoms with Crippen LogP contribution >= 0.6 is 61.1 Å². The molecule has 31 heavy (non-hydrogen) atoms. The van der Waals surface area contributed by atoms with E-state index in [1.807, 2.05) is 36.4 Å². The van der Waals surface area contributed by atoms with Gasteiger partial charge in [0.05, 0.1) is 18.3 Å². The molecule has 3 aromatic carbocycles. The maximum atomic E-state index is 12.2. The summed E-state index contributed by atoms with van der Waals surface area (Å²) in [6, 6.07) is 17.2. The third-order valence-corrected chi connectivity index (χ3v) is 6.15. The molecule has 0 aromatic heterocycles. The van der Waals surface area contributed by atoms with E-state index in [-0.39, 0.29) is 11.3 Å². The number of hydrogen-bond acceptors (Lipinski definition) is 5. The van der Waals surface area contributed by atoms with Crippen molar-refractivity contribution in [3.63, 3.8) is 0 Å². The summed E-state index contributed by atoms with van der Waals surface area (Å²) in [4.78, 5) is 22.5. The minimum Gasteiger partial charge on any atom is -0.487 e. The Morgan fingerprint density at radius 1 is 1.13 bits per heavy atom. The van der Waals surface area contributed by atoms with Crippen molar-refractivity contribution in [1.82, 2.24) is 5.43 Å². The Labute approximate surface area is 213 Å². The Morgan fingerprint density at radius 3 is 2.45 bits per heavy atom. The van der Waals surface area contributed by atoms with E-state index in [0.29, 0.717) is 6.61 Å². The number of non-ortho nitro benzene ring substituents is 1. The molecule has 1 N–H and O–H groups in total. The van der Waals surface area contributed by atoms with Gasteiger partial charge in [0.2, 0.25) is 0 Å². The highest BCUT2D eigenvalue weighted by Crippen LogP contribution is 2.29. The van der Waals surface area contributed by atoms with Crippen LogP contribution in [0.5, 0.6) is 5.75 Å². The maximum Gasteiger partial charge on any atom is 0.271 e. The normalized spacial score (nSPS) is 10.8. The monoisotopic (exact) mass is 705 g/mol. The molecular formula is C21H14BrI2N3O4. The zero-order valence-electron chi connectivity index (χ0n) is 15.7. The molecule has 0 unspecified atom stereocenters. The number of nitro groups is 1. The quantitative estimate of drug-likeness (QED) is 0.143. The second kappa shape index (κ2) is 11.0. The van der Waals surface area contributed by atoms with Crippen LogP contribution < -0.4 is 10.2 Å². The summed E-state index contributed by atoms with van der Waals surface area (Å²) < 4.78 is 8.82. The second-order valence-electron chi connectivity index (χ2n) is 6.24. The van der Waals surface area contributed by atoms with E-state index in [9.17, 15) is 14.9 Å². The fourth-order valence-electron chi connectivity index (χ4n) is 2.52. The van der Waals surface area contributed by atoms with E-state index in [1.54, 1.807) is 0 Å². The van der Waals surface area contributed by atoms with E-state index in [0.717, 1.165) is 28.5 Å². The first kappa shape index (κ1) is 23.6. The first-order valence-electron chi connectivity index (χ1n) is 8.77. The summed E-state index contributed by atoms with van der Waals surface area (Å²) >= 11 is 7.80. The van der Waals surface area contributed by atoms with Gasteiger partial charge in [-0.25, -0.2) is 5.43 Å². The highest BCUT2D eigenvalue weighted by molar-refractivity contribution is 14.1. The number of nitrogens with zero attached hydrogens (tertiary/aromatic N) is 2. The van der Waals surface area contributed by atoms with Crippen molar-refractivity contribution in [2.75, 3.05) is 0 Å². The van der Waals surface area contributed by atoms with E-state index in [1.165, 1.54) is 30.5 Å². The SMILES string of the molecule is O=C(N/N=C\c1cc(I)c(OCc2ccc(Br)cc2)c(I)c1)c1cccc([N+](=O)[O-])c1. The van der Waals surface area contributed by atoms with Crippen molar-refractivity contribution in [2.45, 2.75) is 6.61 Å². The zero-order valence-corrected chi connectivity index (χ0v) is 21.6. The minimum atomic E-state index is -0.551. The zero-order chi connectivity index (χ0) is 22.4. The topological polar surface area (TPSA) is 93.8 Å². The van der Waals surface area contributed by atoms with Crippen molar-refractivity contribution < 1.29 is 14.5 Å². The molecule has 158 valence electrons. The maximum absolute atomic E-state index is 12.2. The summed E-state index contributed by atoms with van der Waals surface area (Å²) in [5.41, 5.74) is 4.23. The number of ether oxygens (including phenoxy) is 1. The molecule has 1 amide bonds. The minimum absolute atomic E-state index is 0.153. The summed E-state index contributed by atoms with van der Waals surface area (Å²) in [7, 11) is 0. The highest BCUT2D eigenvalue weighted by atomic mass is 127. The molecule has 0 saturated carbocycles. The van der Waals surface area contributed by atoms with Gasteiger partial charge in [-0.15, -0.1) is 0 Å². The summed E-state index contributed by atoms with van der Waals surface area (Å²) in [5.74, 6) is 0.251. The van der Waals surface area contributed by atoms with Gasteiger partial charge in [0.25, 0.3) is 11.6 Å². The van der Waals surface area contributed by atoms with Crippen LogP contribution in [0, 0.1) is 17.3 Å². The van der Waals surface area contributed by atoms with E-state index in [4.69, 9.17) is 4.74 Å². The van der Waals surface area contributed by atoms with Crippen LogP contribution in [0.15, 0.2) is 70.2 Å². The van der Waals surface area contributed by atoms with Gasteiger partial charge >= 0.3 is 0 Å². The number of rotatable bonds is 7. The molecule has 0 radical (unpaired) electrons. The van der Waals surface area contributed by atoms with Gasteiger partial charge in [0.1, 0.15) is 12.4 Å².